The molecular formula is C9H9BrN2OS. The Morgan fingerprint density at radius 3 is 3.14 bits per heavy atom. The van der Waals surface area contributed by atoms with Crippen molar-refractivity contribution in [1.29, 1.82) is 0 Å². The highest BCUT2D eigenvalue weighted by atomic mass is 79.9. The van der Waals surface area contributed by atoms with Gasteiger partial charge in [-0.05, 0) is 29.0 Å². The van der Waals surface area contributed by atoms with Gasteiger partial charge in [0.1, 0.15) is 5.01 Å². The molecule has 0 bridgehead atoms. The van der Waals surface area contributed by atoms with E-state index in [4.69, 9.17) is 4.42 Å². The topological polar surface area (TPSA) is 38.1 Å². The predicted octanol–water partition coefficient (Wildman–Crippen LogP) is 2.89. The van der Waals surface area contributed by atoms with Gasteiger partial charge in [0.05, 0.1) is 15.6 Å². The molecule has 0 atom stereocenters. The van der Waals surface area contributed by atoms with E-state index in [0.29, 0.717) is 0 Å². The molecule has 0 radical (unpaired) electrons. The lowest BCUT2D eigenvalue weighted by molar-refractivity contribution is 0.582. The summed E-state index contributed by atoms with van der Waals surface area (Å²) in [5.74, 6) is 0.852. The monoisotopic (exact) mass is 272 g/mol. The van der Waals surface area contributed by atoms with Crippen LogP contribution in [0.2, 0.25) is 0 Å². The molecule has 0 saturated carbocycles. The summed E-state index contributed by atoms with van der Waals surface area (Å²) < 4.78 is 6.31. The molecule has 2 heterocycles. The molecule has 2 rings (SSSR count). The Hall–Kier alpha value is -0.650. The van der Waals surface area contributed by atoms with Gasteiger partial charge in [0.2, 0.25) is 0 Å². The SMILES string of the molecule is CNCc1ncc(-c2occc2Br)s1. The highest BCUT2D eigenvalue weighted by molar-refractivity contribution is 9.10. The number of nitrogens with one attached hydrogen (secondary N) is 1. The van der Waals surface area contributed by atoms with E-state index in [2.05, 4.69) is 26.2 Å². The van der Waals surface area contributed by atoms with Gasteiger partial charge in [-0.3, -0.25) is 0 Å². The van der Waals surface area contributed by atoms with E-state index in [-0.39, 0.29) is 0 Å². The minimum Gasteiger partial charge on any atom is -0.462 e. The number of thiazole rings is 1. The Kier molecular flexibility index (Phi) is 3.00. The third-order valence-corrected chi connectivity index (χ3v) is 3.34. The van der Waals surface area contributed by atoms with Gasteiger partial charge in [0.25, 0.3) is 0 Å². The van der Waals surface area contributed by atoms with Gasteiger partial charge in [-0.25, -0.2) is 4.98 Å². The third-order valence-electron chi connectivity index (χ3n) is 1.72. The number of nitrogens with zero attached hydrogens (tertiary/aromatic N) is 1. The van der Waals surface area contributed by atoms with Gasteiger partial charge < -0.3 is 9.73 Å². The Morgan fingerprint density at radius 1 is 1.64 bits per heavy atom. The molecule has 0 aromatic carbocycles. The quantitative estimate of drug-likeness (QED) is 0.934. The summed E-state index contributed by atoms with van der Waals surface area (Å²) in [6.07, 6.45) is 3.50. The molecule has 0 aliphatic rings. The van der Waals surface area contributed by atoms with Gasteiger partial charge >= 0.3 is 0 Å². The van der Waals surface area contributed by atoms with Crippen LogP contribution in [0.3, 0.4) is 0 Å². The van der Waals surface area contributed by atoms with Crippen LogP contribution in [0.25, 0.3) is 10.6 Å². The number of rotatable bonds is 3. The Balaban J connectivity index is 2.29. The van der Waals surface area contributed by atoms with Crippen molar-refractivity contribution in [3.63, 3.8) is 0 Å². The number of halogens is 1. The fourth-order valence-corrected chi connectivity index (χ4v) is 2.60. The van der Waals surface area contributed by atoms with E-state index < -0.39 is 0 Å². The first-order valence-corrected chi connectivity index (χ1v) is 5.75. The van der Waals surface area contributed by atoms with E-state index in [9.17, 15) is 0 Å². The minimum absolute atomic E-state index is 0.795. The zero-order valence-corrected chi connectivity index (χ0v) is 9.98. The van der Waals surface area contributed by atoms with Crippen molar-refractivity contribution in [3.05, 3.63) is 28.0 Å². The highest BCUT2D eigenvalue weighted by Crippen LogP contribution is 2.32. The molecule has 2 aromatic rings. The summed E-state index contributed by atoms with van der Waals surface area (Å²) in [5.41, 5.74) is 0. The van der Waals surface area contributed by atoms with Crippen LogP contribution >= 0.6 is 27.3 Å². The van der Waals surface area contributed by atoms with Crippen molar-refractivity contribution in [1.82, 2.24) is 10.3 Å². The van der Waals surface area contributed by atoms with E-state index >= 15 is 0 Å². The Bertz CT molecular complexity index is 424. The summed E-state index contributed by atoms with van der Waals surface area (Å²) in [4.78, 5) is 5.33. The molecule has 1 N–H and O–H groups in total. The average Bonchev–Trinajstić information content (AvgIpc) is 2.74. The molecule has 0 saturated heterocycles. The summed E-state index contributed by atoms with van der Waals surface area (Å²) in [7, 11) is 1.91. The van der Waals surface area contributed by atoms with Crippen LogP contribution in [-0.2, 0) is 6.54 Å². The van der Waals surface area contributed by atoms with Crippen LogP contribution < -0.4 is 5.32 Å². The molecule has 74 valence electrons. The van der Waals surface area contributed by atoms with Crippen molar-refractivity contribution in [2.75, 3.05) is 7.05 Å². The maximum Gasteiger partial charge on any atom is 0.159 e. The second-order valence-electron chi connectivity index (χ2n) is 2.75. The van der Waals surface area contributed by atoms with E-state index in [1.165, 1.54) is 0 Å². The molecule has 14 heavy (non-hydrogen) atoms. The van der Waals surface area contributed by atoms with Crippen LogP contribution in [0.4, 0.5) is 0 Å². The molecular weight excluding hydrogens is 264 g/mol. The van der Waals surface area contributed by atoms with Gasteiger partial charge in [-0.15, -0.1) is 11.3 Å². The predicted molar refractivity (Wildman–Crippen MR) is 60.3 cm³/mol. The molecule has 0 amide bonds. The summed E-state index contributed by atoms with van der Waals surface area (Å²) in [6, 6.07) is 1.88. The Morgan fingerprint density at radius 2 is 2.50 bits per heavy atom. The summed E-state index contributed by atoms with van der Waals surface area (Å²) in [6.45, 7) is 0.795. The number of hydrogen-bond acceptors (Lipinski definition) is 4. The molecule has 0 aliphatic carbocycles. The second kappa shape index (κ2) is 4.25. The lowest BCUT2D eigenvalue weighted by Crippen LogP contribution is -2.03. The van der Waals surface area contributed by atoms with Crippen LogP contribution in [0.15, 0.2) is 27.4 Å². The zero-order chi connectivity index (χ0) is 9.97. The van der Waals surface area contributed by atoms with Crippen LogP contribution in [0.1, 0.15) is 5.01 Å². The molecule has 0 fully saturated rings. The fraction of sp³-hybridized carbons (Fsp3) is 0.222. The van der Waals surface area contributed by atoms with E-state index in [1.807, 2.05) is 19.3 Å². The van der Waals surface area contributed by atoms with Gasteiger partial charge in [-0.2, -0.15) is 0 Å². The Labute approximate surface area is 94.3 Å². The first-order valence-electron chi connectivity index (χ1n) is 4.14. The maximum atomic E-state index is 5.34. The first-order chi connectivity index (χ1) is 6.81. The van der Waals surface area contributed by atoms with Crippen LogP contribution in [0.5, 0.6) is 0 Å². The highest BCUT2D eigenvalue weighted by Gasteiger charge is 2.10. The van der Waals surface area contributed by atoms with Crippen molar-refractivity contribution in [2.24, 2.45) is 0 Å². The normalized spacial score (nSPS) is 10.7. The molecule has 2 aromatic heterocycles. The van der Waals surface area contributed by atoms with Crippen molar-refractivity contribution in [2.45, 2.75) is 6.54 Å². The minimum atomic E-state index is 0.795. The lowest BCUT2D eigenvalue weighted by Gasteiger charge is -1.91. The van der Waals surface area contributed by atoms with Gasteiger partial charge in [0.15, 0.2) is 5.76 Å². The van der Waals surface area contributed by atoms with Crippen LogP contribution in [-0.4, -0.2) is 12.0 Å². The maximum absolute atomic E-state index is 5.34. The second-order valence-corrected chi connectivity index (χ2v) is 4.72. The largest absolute Gasteiger partial charge is 0.462 e. The van der Waals surface area contributed by atoms with E-state index in [0.717, 1.165) is 26.7 Å². The standard InChI is InChI=1S/C9H9BrN2OS/c1-11-5-8-12-4-7(14-8)9-6(10)2-3-13-9/h2-4,11H,5H2,1H3. The number of aromatic nitrogens is 1. The van der Waals surface area contributed by atoms with Crippen LogP contribution in [0, 0.1) is 0 Å². The van der Waals surface area contributed by atoms with Gasteiger partial charge in [-0.1, -0.05) is 0 Å². The lowest BCUT2D eigenvalue weighted by atomic mass is 10.4. The zero-order valence-electron chi connectivity index (χ0n) is 7.58. The van der Waals surface area contributed by atoms with Gasteiger partial charge in [0, 0.05) is 12.7 Å². The molecule has 0 aliphatic heterocycles. The van der Waals surface area contributed by atoms with E-state index in [1.54, 1.807) is 17.6 Å². The van der Waals surface area contributed by atoms with Crippen molar-refractivity contribution >= 4 is 27.3 Å². The summed E-state index contributed by atoms with van der Waals surface area (Å²) in [5, 5.41) is 4.12. The molecule has 5 heteroatoms. The smallest absolute Gasteiger partial charge is 0.159 e. The van der Waals surface area contributed by atoms with Crippen molar-refractivity contribution < 1.29 is 4.42 Å². The first kappa shape index (κ1) is 9.89. The van der Waals surface area contributed by atoms with Crippen molar-refractivity contribution in [3.8, 4) is 10.6 Å². The number of furan rings is 1. The number of hydrogen-bond donors (Lipinski definition) is 1. The molecule has 3 nitrogen and oxygen atoms in total. The average molecular weight is 273 g/mol. The fourth-order valence-electron chi connectivity index (χ4n) is 1.12. The molecule has 0 spiro atoms. The summed E-state index contributed by atoms with van der Waals surface area (Å²) >= 11 is 5.05. The molecule has 0 unspecified atom stereocenters. The third kappa shape index (κ3) is 1.89.